The van der Waals surface area contributed by atoms with Crippen LogP contribution in [0.15, 0.2) is 36.0 Å². The molecule has 0 bridgehead atoms. The number of likely N-dealkylation sites (N-methyl/N-ethyl adjacent to an activating group) is 1. The van der Waals surface area contributed by atoms with Crippen molar-refractivity contribution in [2.75, 3.05) is 13.7 Å². The van der Waals surface area contributed by atoms with E-state index >= 15 is 0 Å². The second kappa shape index (κ2) is 7.78. The van der Waals surface area contributed by atoms with Crippen molar-refractivity contribution in [3.8, 4) is 0 Å². The molecule has 30 heavy (non-hydrogen) atoms. The third-order valence-corrected chi connectivity index (χ3v) is 5.98. The van der Waals surface area contributed by atoms with Crippen LogP contribution in [-0.4, -0.2) is 51.5 Å². The van der Waals surface area contributed by atoms with Gasteiger partial charge in [0.25, 0.3) is 0 Å². The number of ether oxygens (including phenoxy) is 1. The number of imidazole rings is 1. The Morgan fingerprint density at radius 1 is 1.33 bits per heavy atom. The molecule has 2 aliphatic rings. The second-order valence-electron chi connectivity index (χ2n) is 8.52. The van der Waals surface area contributed by atoms with Gasteiger partial charge in [-0.05, 0) is 55.7 Å². The Morgan fingerprint density at radius 2 is 2.07 bits per heavy atom. The number of hydrogen-bond acceptors (Lipinski definition) is 4. The average molecular weight is 418 g/mol. The van der Waals surface area contributed by atoms with Crippen LogP contribution in [0.2, 0.25) is 0 Å². The fourth-order valence-electron chi connectivity index (χ4n) is 4.39. The summed E-state index contributed by atoms with van der Waals surface area (Å²) in [5, 5.41) is 10.1. The van der Waals surface area contributed by atoms with E-state index in [1.165, 1.54) is 0 Å². The van der Waals surface area contributed by atoms with Gasteiger partial charge in [-0.25, -0.2) is 13.8 Å². The summed E-state index contributed by atoms with van der Waals surface area (Å²) in [4.78, 5) is 6.50. The third kappa shape index (κ3) is 3.88. The zero-order valence-corrected chi connectivity index (χ0v) is 17.9. The quantitative estimate of drug-likeness (QED) is 0.751. The molecule has 162 valence electrons. The molecule has 1 N–H and O–H groups in total. The Balaban J connectivity index is 1.76. The lowest BCUT2D eigenvalue weighted by Gasteiger charge is -2.34. The molecule has 5 nitrogen and oxygen atoms in total. The lowest BCUT2D eigenvalue weighted by molar-refractivity contribution is -0.0892. The summed E-state index contributed by atoms with van der Waals surface area (Å²) in [6.07, 6.45) is 2.91. The molecule has 1 aromatic heterocycles. The number of aromatic nitrogens is 2. The molecule has 1 saturated carbocycles. The maximum absolute atomic E-state index is 13.6. The molecule has 2 aromatic rings. The van der Waals surface area contributed by atoms with Crippen molar-refractivity contribution in [1.82, 2.24) is 14.5 Å². The first-order chi connectivity index (χ1) is 14.2. The lowest BCUT2D eigenvalue weighted by Crippen LogP contribution is -2.35. The van der Waals surface area contributed by atoms with Crippen LogP contribution in [0.5, 0.6) is 0 Å². The maximum Gasteiger partial charge on any atom is 0.249 e. The Kier molecular flexibility index (Phi) is 5.45. The van der Waals surface area contributed by atoms with Gasteiger partial charge in [0.2, 0.25) is 5.92 Å². The van der Waals surface area contributed by atoms with Crippen LogP contribution in [0, 0.1) is 0 Å². The number of halogens is 2. The van der Waals surface area contributed by atoms with Crippen molar-refractivity contribution in [3.05, 3.63) is 47.4 Å². The summed E-state index contributed by atoms with van der Waals surface area (Å²) in [5.74, 6) is -2.11. The number of rotatable bonds is 6. The molecular formula is C23H29F2N3O2. The van der Waals surface area contributed by atoms with Crippen LogP contribution >= 0.6 is 0 Å². The molecule has 0 amide bonds. The molecular weight excluding hydrogens is 388 g/mol. The van der Waals surface area contributed by atoms with E-state index in [9.17, 15) is 13.9 Å². The SMILES string of the molecule is CCO[C@H](C)Cn1c(C2CC(F)(F)C2)nc2ccc(C3=CN(C)C(O)C(C)=C3)cc21. The predicted molar refractivity (Wildman–Crippen MR) is 113 cm³/mol. The Morgan fingerprint density at radius 3 is 2.70 bits per heavy atom. The van der Waals surface area contributed by atoms with Crippen LogP contribution in [0.4, 0.5) is 8.78 Å². The summed E-state index contributed by atoms with van der Waals surface area (Å²) in [6, 6.07) is 6.00. The van der Waals surface area contributed by atoms with Gasteiger partial charge in [0, 0.05) is 38.6 Å². The van der Waals surface area contributed by atoms with Gasteiger partial charge in [0.05, 0.1) is 23.7 Å². The molecule has 1 aromatic carbocycles. The summed E-state index contributed by atoms with van der Waals surface area (Å²) in [5.41, 5.74) is 4.58. The number of nitrogens with zero attached hydrogens (tertiary/aromatic N) is 3. The van der Waals surface area contributed by atoms with Gasteiger partial charge in [-0.1, -0.05) is 6.07 Å². The van der Waals surface area contributed by atoms with Crippen LogP contribution in [0.1, 0.15) is 50.9 Å². The van der Waals surface area contributed by atoms with Gasteiger partial charge in [-0.3, -0.25) is 0 Å². The van der Waals surface area contributed by atoms with E-state index in [1.54, 1.807) is 4.90 Å². The monoisotopic (exact) mass is 417 g/mol. The van der Waals surface area contributed by atoms with Crippen molar-refractivity contribution >= 4 is 16.6 Å². The van der Waals surface area contributed by atoms with Gasteiger partial charge in [-0.2, -0.15) is 0 Å². The number of benzene rings is 1. The predicted octanol–water partition coefficient (Wildman–Crippen LogP) is 4.53. The highest BCUT2D eigenvalue weighted by atomic mass is 19.3. The van der Waals surface area contributed by atoms with Crippen LogP contribution in [-0.2, 0) is 11.3 Å². The van der Waals surface area contributed by atoms with E-state index in [0.717, 1.165) is 33.6 Å². The number of allylic oxidation sites excluding steroid dienone is 2. The van der Waals surface area contributed by atoms with Crippen molar-refractivity contribution in [1.29, 1.82) is 0 Å². The molecule has 1 fully saturated rings. The molecule has 2 heterocycles. The van der Waals surface area contributed by atoms with Crippen molar-refractivity contribution < 1.29 is 18.6 Å². The molecule has 1 unspecified atom stereocenters. The van der Waals surface area contributed by atoms with Crippen LogP contribution in [0.3, 0.4) is 0 Å². The number of hydrogen-bond donors (Lipinski definition) is 1. The number of aliphatic hydroxyl groups is 1. The summed E-state index contributed by atoms with van der Waals surface area (Å²) < 4.78 is 34.9. The van der Waals surface area contributed by atoms with Crippen LogP contribution in [0.25, 0.3) is 16.6 Å². The Hall–Kier alpha value is -2.25. The minimum Gasteiger partial charge on any atom is -0.377 e. The molecule has 1 aliphatic heterocycles. The van der Waals surface area contributed by atoms with Gasteiger partial charge in [-0.15, -0.1) is 0 Å². The lowest BCUT2D eigenvalue weighted by atomic mass is 9.80. The minimum atomic E-state index is -2.59. The zero-order chi connectivity index (χ0) is 21.6. The molecule has 0 spiro atoms. The molecule has 1 aliphatic carbocycles. The maximum atomic E-state index is 13.6. The van der Waals surface area contributed by atoms with Gasteiger partial charge >= 0.3 is 0 Å². The number of fused-ring (bicyclic) bond motifs is 1. The first-order valence-electron chi connectivity index (χ1n) is 10.5. The van der Waals surface area contributed by atoms with Crippen molar-refractivity contribution in [2.45, 2.75) is 64.3 Å². The normalized spacial score (nSPS) is 22.6. The fourth-order valence-corrected chi connectivity index (χ4v) is 4.39. The smallest absolute Gasteiger partial charge is 0.249 e. The van der Waals surface area contributed by atoms with Gasteiger partial charge in [0.15, 0.2) is 0 Å². The molecule has 7 heteroatoms. The highest BCUT2D eigenvalue weighted by molar-refractivity contribution is 5.85. The minimum absolute atomic E-state index is 0.0484. The zero-order valence-electron chi connectivity index (χ0n) is 17.9. The number of alkyl halides is 2. The van der Waals surface area contributed by atoms with E-state index in [-0.39, 0.29) is 24.9 Å². The molecule has 2 atom stereocenters. The topological polar surface area (TPSA) is 50.5 Å². The fraction of sp³-hybridized carbons (Fsp3) is 0.522. The van der Waals surface area contributed by atoms with E-state index in [4.69, 9.17) is 9.72 Å². The standard InChI is InChI=1S/C23H29F2N3O2/c1-5-30-15(3)12-28-20-9-16(17-8-14(2)22(29)27(4)13-17)6-7-19(20)26-21(28)18-10-23(24,25)11-18/h6-9,13,15,18,22,29H,5,10-12H2,1-4H3/t15-,22?/m1/s1. The van der Waals surface area contributed by atoms with E-state index in [2.05, 4.69) is 10.6 Å². The highest BCUT2D eigenvalue weighted by Gasteiger charge is 2.48. The molecule has 0 radical (unpaired) electrons. The largest absolute Gasteiger partial charge is 0.377 e. The first-order valence-corrected chi connectivity index (χ1v) is 10.5. The van der Waals surface area contributed by atoms with Crippen molar-refractivity contribution in [3.63, 3.8) is 0 Å². The summed E-state index contributed by atoms with van der Waals surface area (Å²) in [6.45, 7) is 7.00. The van der Waals surface area contributed by atoms with E-state index in [1.807, 2.05) is 52.2 Å². The Bertz CT molecular complexity index is 1000. The van der Waals surface area contributed by atoms with E-state index < -0.39 is 12.2 Å². The highest BCUT2D eigenvalue weighted by Crippen LogP contribution is 2.48. The average Bonchev–Trinajstić information content (AvgIpc) is 3.01. The molecule has 0 saturated heterocycles. The van der Waals surface area contributed by atoms with Gasteiger partial charge < -0.3 is 19.3 Å². The Labute approximate surface area is 175 Å². The summed E-state index contributed by atoms with van der Waals surface area (Å²) in [7, 11) is 1.84. The second-order valence-corrected chi connectivity index (χ2v) is 8.52. The number of aliphatic hydroxyl groups excluding tert-OH is 1. The molecule has 4 rings (SSSR count). The van der Waals surface area contributed by atoms with Crippen molar-refractivity contribution in [2.24, 2.45) is 0 Å². The van der Waals surface area contributed by atoms with Gasteiger partial charge in [0.1, 0.15) is 12.1 Å². The summed E-state index contributed by atoms with van der Waals surface area (Å²) >= 11 is 0. The van der Waals surface area contributed by atoms with E-state index in [0.29, 0.717) is 13.2 Å². The third-order valence-electron chi connectivity index (χ3n) is 5.98. The van der Waals surface area contributed by atoms with Crippen LogP contribution < -0.4 is 0 Å². The first kappa shape index (κ1) is 21.0.